The molecular weight excluding hydrogens is 445 g/mol. The van der Waals surface area contributed by atoms with Gasteiger partial charge in [-0.3, -0.25) is 14.2 Å². The Morgan fingerprint density at radius 2 is 1.70 bits per heavy atom. The zero-order valence-electron chi connectivity index (χ0n) is 15.7. The van der Waals surface area contributed by atoms with Crippen LogP contribution < -0.4 is 16.6 Å². The number of aromatic nitrogens is 2. The molecule has 0 atom stereocenters. The van der Waals surface area contributed by atoms with E-state index in [2.05, 4.69) is 5.32 Å². The Kier molecular flexibility index (Phi) is 5.51. The molecule has 0 spiro atoms. The van der Waals surface area contributed by atoms with E-state index < -0.39 is 17.2 Å². The number of carbonyl (C=O) groups excluding carboxylic acids is 1. The summed E-state index contributed by atoms with van der Waals surface area (Å²) in [6.45, 7) is 1.54. The number of aryl methyl sites for hydroxylation is 1. The molecule has 4 aromatic rings. The van der Waals surface area contributed by atoms with Crippen LogP contribution in [0.4, 0.5) is 5.69 Å². The minimum atomic E-state index is -0.596. The maximum Gasteiger partial charge on any atom is 0.337 e. The number of thiophene rings is 1. The molecule has 1 amide bonds. The van der Waals surface area contributed by atoms with Gasteiger partial charge in [0.1, 0.15) is 11.4 Å². The Bertz CT molecular complexity index is 1370. The molecule has 4 rings (SSSR count). The maximum absolute atomic E-state index is 13.2. The molecule has 30 heavy (non-hydrogen) atoms. The van der Waals surface area contributed by atoms with Crippen LogP contribution in [0.5, 0.6) is 0 Å². The third-order valence-corrected chi connectivity index (χ3v) is 6.18. The van der Waals surface area contributed by atoms with E-state index in [9.17, 15) is 14.4 Å². The monoisotopic (exact) mass is 459 g/mol. The Morgan fingerprint density at radius 1 is 1.03 bits per heavy atom. The highest BCUT2D eigenvalue weighted by molar-refractivity contribution is 7.18. The van der Waals surface area contributed by atoms with Crippen LogP contribution in [0, 0.1) is 6.92 Å². The van der Waals surface area contributed by atoms with Crippen LogP contribution in [0.25, 0.3) is 15.9 Å². The second-order valence-electron chi connectivity index (χ2n) is 6.57. The van der Waals surface area contributed by atoms with E-state index in [1.807, 2.05) is 6.92 Å². The van der Waals surface area contributed by atoms with Crippen LogP contribution in [-0.4, -0.2) is 15.0 Å². The molecular formula is C21H15Cl2N3O3S. The van der Waals surface area contributed by atoms with Crippen molar-refractivity contribution >= 4 is 56.3 Å². The average Bonchev–Trinajstić information content (AvgIpc) is 3.11. The number of amides is 1. The van der Waals surface area contributed by atoms with Crippen molar-refractivity contribution in [3.8, 4) is 5.69 Å². The number of para-hydroxylation sites is 2. The van der Waals surface area contributed by atoms with E-state index in [1.54, 1.807) is 54.6 Å². The molecule has 0 fully saturated rings. The summed E-state index contributed by atoms with van der Waals surface area (Å²) in [5.74, 6) is -0.488. The van der Waals surface area contributed by atoms with Gasteiger partial charge < -0.3 is 5.32 Å². The lowest BCUT2D eigenvalue weighted by atomic mass is 10.3. The number of nitrogens with one attached hydrogen (secondary N) is 1. The SMILES string of the molecule is Cc1cc2c(=O)n(-c3ccccc3)c(=O)n(CC(=O)Nc3c(Cl)cccc3Cl)c2s1. The highest BCUT2D eigenvalue weighted by Crippen LogP contribution is 2.30. The highest BCUT2D eigenvalue weighted by atomic mass is 35.5. The predicted octanol–water partition coefficient (Wildman–Crippen LogP) is 4.47. The summed E-state index contributed by atoms with van der Waals surface area (Å²) in [6, 6.07) is 15.2. The third kappa shape index (κ3) is 3.67. The summed E-state index contributed by atoms with van der Waals surface area (Å²) in [5, 5.41) is 3.61. The molecule has 2 aromatic carbocycles. The van der Waals surface area contributed by atoms with Gasteiger partial charge in [-0.1, -0.05) is 47.5 Å². The predicted molar refractivity (Wildman–Crippen MR) is 122 cm³/mol. The summed E-state index contributed by atoms with van der Waals surface area (Å²) in [5.41, 5.74) is -0.312. The second-order valence-corrected chi connectivity index (χ2v) is 8.61. The quantitative estimate of drug-likeness (QED) is 0.489. The summed E-state index contributed by atoms with van der Waals surface area (Å²) < 4.78 is 2.37. The molecule has 1 N–H and O–H groups in total. The van der Waals surface area contributed by atoms with Crippen LogP contribution in [0.3, 0.4) is 0 Å². The average molecular weight is 460 g/mol. The molecule has 9 heteroatoms. The lowest BCUT2D eigenvalue weighted by Gasteiger charge is -2.13. The Labute approximate surface area is 184 Å². The van der Waals surface area contributed by atoms with Gasteiger partial charge in [0.05, 0.1) is 26.8 Å². The van der Waals surface area contributed by atoms with Crippen molar-refractivity contribution in [2.75, 3.05) is 5.32 Å². The highest BCUT2D eigenvalue weighted by Gasteiger charge is 2.19. The van der Waals surface area contributed by atoms with Crippen LogP contribution in [0.2, 0.25) is 10.0 Å². The van der Waals surface area contributed by atoms with Crippen LogP contribution in [-0.2, 0) is 11.3 Å². The van der Waals surface area contributed by atoms with E-state index in [1.165, 1.54) is 15.9 Å². The fraction of sp³-hybridized carbons (Fsp3) is 0.0952. The molecule has 0 aliphatic rings. The van der Waals surface area contributed by atoms with Gasteiger partial charge in [0.15, 0.2) is 0 Å². The number of fused-ring (bicyclic) bond motifs is 1. The number of benzene rings is 2. The van der Waals surface area contributed by atoms with Gasteiger partial charge in [0, 0.05) is 4.88 Å². The standard InChI is InChI=1S/C21H15Cl2N3O3S/c1-12-10-14-19(28)26(13-6-3-2-4-7-13)21(29)25(20(14)30-12)11-17(27)24-18-15(22)8-5-9-16(18)23/h2-10H,11H2,1H3,(H,24,27). The summed E-state index contributed by atoms with van der Waals surface area (Å²) in [4.78, 5) is 40.3. The van der Waals surface area contributed by atoms with Crippen molar-refractivity contribution < 1.29 is 4.79 Å². The molecule has 6 nitrogen and oxygen atoms in total. The van der Waals surface area contributed by atoms with Crippen LogP contribution >= 0.6 is 34.5 Å². The molecule has 0 aliphatic carbocycles. The summed E-state index contributed by atoms with van der Waals surface area (Å²) >= 11 is 13.5. The molecule has 0 saturated heterocycles. The fourth-order valence-corrected chi connectivity index (χ4v) is 4.64. The fourth-order valence-electron chi connectivity index (χ4n) is 3.15. The Morgan fingerprint density at radius 3 is 2.37 bits per heavy atom. The number of rotatable bonds is 4. The molecule has 0 aliphatic heterocycles. The van der Waals surface area contributed by atoms with Gasteiger partial charge in [-0.15, -0.1) is 11.3 Å². The smallest absolute Gasteiger partial charge is 0.322 e. The zero-order valence-corrected chi connectivity index (χ0v) is 18.0. The summed E-state index contributed by atoms with van der Waals surface area (Å²) in [6.07, 6.45) is 0. The van der Waals surface area contributed by atoms with Crippen molar-refractivity contribution in [1.82, 2.24) is 9.13 Å². The number of hydrogen-bond acceptors (Lipinski definition) is 4. The third-order valence-electron chi connectivity index (χ3n) is 4.48. The van der Waals surface area contributed by atoms with Crippen molar-refractivity contribution in [1.29, 1.82) is 0 Å². The van der Waals surface area contributed by atoms with Crippen molar-refractivity contribution in [3.63, 3.8) is 0 Å². The first-order chi connectivity index (χ1) is 14.4. The number of nitrogens with zero attached hydrogens (tertiary/aromatic N) is 2. The zero-order chi connectivity index (χ0) is 21.4. The van der Waals surface area contributed by atoms with Gasteiger partial charge in [-0.25, -0.2) is 9.36 Å². The number of carbonyl (C=O) groups is 1. The van der Waals surface area contributed by atoms with Crippen LogP contribution in [0.15, 0.2) is 64.2 Å². The Hall–Kier alpha value is -2.87. The lowest BCUT2D eigenvalue weighted by Crippen LogP contribution is -2.40. The number of halogens is 2. The molecule has 0 saturated carbocycles. The van der Waals surface area contributed by atoms with Gasteiger partial charge >= 0.3 is 5.69 Å². The van der Waals surface area contributed by atoms with Crippen molar-refractivity contribution in [2.45, 2.75) is 13.5 Å². The molecule has 2 heterocycles. The van der Waals surface area contributed by atoms with Crippen LogP contribution in [0.1, 0.15) is 4.88 Å². The van der Waals surface area contributed by atoms with E-state index in [0.717, 1.165) is 9.44 Å². The van der Waals surface area contributed by atoms with Gasteiger partial charge in [-0.05, 0) is 37.3 Å². The first-order valence-electron chi connectivity index (χ1n) is 8.92. The number of anilines is 1. The van der Waals surface area contributed by atoms with E-state index in [-0.39, 0.29) is 22.3 Å². The van der Waals surface area contributed by atoms with E-state index in [0.29, 0.717) is 15.9 Å². The van der Waals surface area contributed by atoms with Crippen molar-refractivity contribution in [2.24, 2.45) is 0 Å². The van der Waals surface area contributed by atoms with E-state index >= 15 is 0 Å². The van der Waals surface area contributed by atoms with Gasteiger partial charge in [-0.2, -0.15) is 0 Å². The molecule has 0 radical (unpaired) electrons. The second kappa shape index (κ2) is 8.10. The first-order valence-corrected chi connectivity index (χ1v) is 10.5. The molecule has 0 unspecified atom stereocenters. The van der Waals surface area contributed by atoms with Crippen molar-refractivity contribution in [3.05, 3.63) is 90.4 Å². The maximum atomic E-state index is 13.2. The number of hydrogen-bond donors (Lipinski definition) is 1. The van der Waals surface area contributed by atoms with Gasteiger partial charge in [0.25, 0.3) is 5.56 Å². The molecule has 0 bridgehead atoms. The van der Waals surface area contributed by atoms with E-state index in [4.69, 9.17) is 23.2 Å². The summed E-state index contributed by atoms with van der Waals surface area (Å²) in [7, 11) is 0. The Balaban J connectivity index is 1.83. The molecule has 2 aromatic heterocycles. The topological polar surface area (TPSA) is 73.1 Å². The first kappa shape index (κ1) is 20.4. The largest absolute Gasteiger partial charge is 0.337 e. The lowest BCUT2D eigenvalue weighted by molar-refractivity contribution is -0.116. The molecule has 152 valence electrons. The minimum absolute atomic E-state index is 0.272. The normalized spacial score (nSPS) is 11.0. The minimum Gasteiger partial charge on any atom is -0.322 e. The van der Waals surface area contributed by atoms with Gasteiger partial charge in [0.2, 0.25) is 5.91 Å².